The number of anilines is 1. The van der Waals surface area contributed by atoms with E-state index in [2.05, 4.69) is 10.6 Å². The van der Waals surface area contributed by atoms with Gasteiger partial charge < -0.3 is 24.7 Å². The van der Waals surface area contributed by atoms with Crippen molar-refractivity contribution in [3.8, 4) is 0 Å². The Hall–Kier alpha value is -3.40. The molecule has 1 aliphatic rings. The van der Waals surface area contributed by atoms with Gasteiger partial charge in [-0.2, -0.15) is 0 Å². The molecule has 3 rings (SSSR count). The van der Waals surface area contributed by atoms with Gasteiger partial charge in [0.2, 0.25) is 5.91 Å². The Balaban J connectivity index is 1.60. The highest BCUT2D eigenvalue weighted by molar-refractivity contribution is 5.97. The minimum absolute atomic E-state index is 0.113. The first-order chi connectivity index (χ1) is 13.5. The number of nitro benzene ring substituents is 1. The summed E-state index contributed by atoms with van der Waals surface area (Å²) in [6, 6.07) is 7.70. The molecule has 0 bridgehead atoms. The molecule has 0 atom stereocenters. The second kappa shape index (κ2) is 9.00. The van der Waals surface area contributed by atoms with Gasteiger partial charge in [0.1, 0.15) is 11.4 Å². The summed E-state index contributed by atoms with van der Waals surface area (Å²) in [6.45, 7) is 2.03. The van der Waals surface area contributed by atoms with Crippen molar-refractivity contribution in [1.82, 2.24) is 10.6 Å². The van der Waals surface area contributed by atoms with E-state index in [-0.39, 0.29) is 24.3 Å². The van der Waals surface area contributed by atoms with E-state index < -0.39 is 16.7 Å². The van der Waals surface area contributed by atoms with Gasteiger partial charge in [-0.3, -0.25) is 19.7 Å². The number of nitrogens with zero attached hydrogens (tertiary/aromatic N) is 2. The van der Waals surface area contributed by atoms with E-state index in [0.29, 0.717) is 37.8 Å². The number of rotatable bonds is 7. The van der Waals surface area contributed by atoms with Crippen LogP contribution in [0.1, 0.15) is 16.1 Å². The van der Waals surface area contributed by atoms with Crippen molar-refractivity contribution in [1.29, 1.82) is 0 Å². The normalized spacial score (nSPS) is 13.8. The number of nitrogens with one attached hydrogen (secondary N) is 2. The summed E-state index contributed by atoms with van der Waals surface area (Å²) in [7, 11) is 0. The molecule has 0 saturated carbocycles. The standard InChI is InChI=1S/C18H20N4O6/c23-17(19-11-14-2-1-7-28-14)12-20-18(24)13-3-4-15(16(10-13)22(25)26)21-5-8-27-9-6-21/h1-4,7,10H,5-6,8-9,11-12H2,(H,19,23)(H,20,24). The van der Waals surface area contributed by atoms with Gasteiger partial charge in [-0.05, 0) is 24.3 Å². The molecule has 28 heavy (non-hydrogen) atoms. The van der Waals surface area contributed by atoms with Gasteiger partial charge in [0.25, 0.3) is 11.6 Å². The zero-order chi connectivity index (χ0) is 19.9. The van der Waals surface area contributed by atoms with Gasteiger partial charge in [-0.25, -0.2) is 0 Å². The van der Waals surface area contributed by atoms with Crippen molar-refractivity contribution in [3.05, 3.63) is 58.0 Å². The molecule has 10 heteroatoms. The van der Waals surface area contributed by atoms with Crippen molar-refractivity contribution in [2.45, 2.75) is 6.54 Å². The molecule has 0 unspecified atom stereocenters. The van der Waals surface area contributed by atoms with Crippen LogP contribution in [0.3, 0.4) is 0 Å². The second-order valence-electron chi connectivity index (χ2n) is 6.10. The number of carbonyl (C=O) groups is 2. The summed E-state index contributed by atoms with van der Waals surface area (Å²) in [6.07, 6.45) is 1.50. The average Bonchev–Trinajstić information content (AvgIpc) is 3.24. The Kier molecular flexibility index (Phi) is 6.22. The predicted octanol–water partition coefficient (Wildman–Crippen LogP) is 1.07. The molecule has 10 nitrogen and oxygen atoms in total. The number of morpholine rings is 1. The molecule has 1 fully saturated rings. The number of nitro groups is 1. The lowest BCUT2D eigenvalue weighted by Gasteiger charge is -2.28. The lowest BCUT2D eigenvalue weighted by Crippen LogP contribution is -2.37. The van der Waals surface area contributed by atoms with Gasteiger partial charge in [-0.15, -0.1) is 0 Å². The zero-order valence-electron chi connectivity index (χ0n) is 15.1. The molecule has 0 aliphatic carbocycles. The predicted molar refractivity (Wildman–Crippen MR) is 99.0 cm³/mol. The van der Waals surface area contributed by atoms with Gasteiger partial charge >= 0.3 is 0 Å². The van der Waals surface area contributed by atoms with E-state index in [9.17, 15) is 19.7 Å². The molecule has 1 saturated heterocycles. The van der Waals surface area contributed by atoms with E-state index in [1.54, 1.807) is 18.2 Å². The van der Waals surface area contributed by atoms with Gasteiger partial charge in [-0.1, -0.05) is 0 Å². The first kappa shape index (κ1) is 19.4. The maximum atomic E-state index is 12.3. The van der Waals surface area contributed by atoms with E-state index in [1.807, 2.05) is 4.90 Å². The lowest BCUT2D eigenvalue weighted by atomic mass is 10.1. The minimum atomic E-state index is -0.565. The minimum Gasteiger partial charge on any atom is -0.467 e. The lowest BCUT2D eigenvalue weighted by molar-refractivity contribution is -0.384. The van der Waals surface area contributed by atoms with Crippen LogP contribution in [-0.4, -0.2) is 49.6 Å². The molecule has 2 aromatic rings. The van der Waals surface area contributed by atoms with Crippen LogP contribution in [-0.2, 0) is 16.1 Å². The average molecular weight is 388 g/mol. The van der Waals surface area contributed by atoms with Gasteiger partial charge in [0.05, 0.1) is 37.5 Å². The number of hydrogen-bond acceptors (Lipinski definition) is 7. The van der Waals surface area contributed by atoms with Crippen molar-refractivity contribution >= 4 is 23.2 Å². The quantitative estimate of drug-likeness (QED) is 0.536. The Bertz CT molecular complexity index is 846. The van der Waals surface area contributed by atoms with Crippen LogP contribution in [0.4, 0.5) is 11.4 Å². The number of furan rings is 1. The molecule has 148 valence electrons. The molecule has 2 heterocycles. The molecule has 1 aromatic heterocycles. The van der Waals surface area contributed by atoms with Gasteiger partial charge in [0.15, 0.2) is 0 Å². The van der Waals surface area contributed by atoms with Crippen molar-refractivity contribution in [3.63, 3.8) is 0 Å². The fourth-order valence-corrected chi connectivity index (χ4v) is 2.81. The zero-order valence-corrected chi connectivity index (χ0v) is 15.1. The summed E-state index contributed by atoms with van der Waals surface area (Å²) in [5.41, 5.74) is 0.403. The van der Waals surface area contributed by atoms with Crippen LogP contribution in [0, 0.1) is 10.1 Å². The van der Waals surface area contributed by atoms with Crippen LogP contribution in [0.15, 0.2) is 41.0 Å². The molecule has 2 amide bonds. The summed E-state index contributed by atoms with van der Waals surface area (Å²) in [4.78, 5) is 36.9. The monoisotopic (exact) mass is 388 g/mol. The Morgan fingerprint density at radius 1 is 1.18 bits per heavy atom. The molecule has 2 N–H and O–H groups in total. The Morgan fingerprint density at radius 2 is 1.96 bits per heavy atom. The number of carbonyl (C=O) groups excluding carboxylic acids is 2. The highest BCUT2D eigenvalue weighted by Gasteiger charge is 2.23. The molecule has 1 aliphatic heterocycles. The van der Waals surface area contributed by atoms with Crippen molar-refractivity contribution in [2.24, 2.45) is 0 Å². The van der Waals surface area contributed by atoms with E-state index in [4.69, 9.17) is 9.15 Å². The van der Waals surface area contributed by atoms with Crippen molar-refractivity contribution in [2.75, 3.05) is 37.7 Å². The van der Waals surface area contributed by atoms with E-state index in [1.165, 1.54) is 18.4 Å². The molecular formula is C18H20N4O6. The second-order valence-corrected chi connectivity index (χ2v) is 6.10. The third-order valence-electron chi connectivity index (χ3n) is 4.24. The molecule has 0 radical (unpaired) electrons. The first-order valence-electron chi connectivity index (χ1n) is 8.73. The van der Waals surface area contributed by atoms with Gasteiger partial charge in [0, 0.05) is 24.7 Å². The third kappa shape index (κ3) is 4.86. The molecular weight excluding hydrogens is 368 g/mol. The summed E-state index contributed by atoms with van der Waals surface area (Å²) < 4.78 is 10.4. The summed E-state index contributed by atoms with van der Waals surface area (Å²) in [5.74, 6) is -0.372. The van der Waals surface area contributed by atoms with Crippen LogP contribution in [0.2, 0.25) is 0 Å². The number of benzene rings is 1. The highest BCUT2D eigenvalue weighted by Crippen LogP contribution is 2.29. The number of amides is 2. The van der Waals surface area contributed by atoms with E-state index >= 15 is 0 Å². The van der Waals surface area contributed by atoms with Crippen LogP contribution >= 0.6 is 0 Å². The molecule has 0 spiro atoms. The van der Waals surface area contributed by atoms with Crippen LogP contribution < -0.4 is 15.5 Å². The van der Waals surface area contributed by atoms with Crippen molar-refractivity contribution < 1.29 is 23.7 Å². The van der Waals surface area contributed by atoms with Crippen LogP contribution in [0.25, 0.3) is 0 Å². The van der Waals surface area contributed by atoms with E-state index in [0.717, 1.165) is 0 Å². The topological polar surface area (TPSA) is 127 Å². The SMILES string of the molecule is O=C(CNC(=O)c1ccc(N2CCOCC2)c([N+](=O)[O-])c1)NCc1ccco1. The summed E-state index contributed by atoms with van der Waals surface area (Å²) in [5, 5.41) is 16.5. The Labute approximate surface area is 160 Å². The highest BCUT2D eigenvalue weighted by atomic mass is 16.6. The fourth-order valence-electron chi connectivity index (χ4n) is 2.81. The summed E-state index contributed by atoms with van der Waals surface area (Å²) >= 11 is 0. The number of ether oxygens (including phenoxy) is 1. The number of hydrogen-bond donors (Lipinski definition) is 2. The van der Waals surface area contributed by atoms with Crippen LogP contribution in [0.5, 0.6) is 0 Å². The largest absolute Gasteiger partial charge is 0.467 e. The fraction of sp³-hybridized carbons (Fsp3) is 0.333. The maximum Gasteiger partial charge on any atom is 0.293 e. The first-order valence-corrected chi connectivity index (χ1v) is 8.73. The maximum absolute atomic E-state index is 12.3. The third-order valence-corrected chi connectivity index (χ3v) is 4.24. The molecule has 1 aromatic carbocycles. The Morgan fingerprint density at radius 3 is 2.64 bits per heavy atom. The smallest absolute Gasteiger partial charge is 0.293 e.